The van der Waals surface area contributed by atoms with Crippen LogP contribution in [-0.4, -0.2) is 56.2 Å². The van der Waals surface area contributed by atoms with Gasteiger partial charge in [0.05, 0.1) is 6.20 Å². The fourth-order valence-electron chi connectivity index (χ4n) is 5.38. The monoisotopic (exact) mass is 594 g/mol. The molecule has 3 aliphatic heterocycles. The van der Waals surface area contributed by atoms with E-state index in [-0.39, 0.29) is 12.0 Å². The summed E-state index contributed by atoms with van der Waals surface area (Å²) in [7, 11) is 0. The number of rotatable bonds is 3. The number of benzene rings is 1. The molecule has 10 nitrogen and oxygen atoms in total. The summed E-state index contributed by atoms with van der Waals surface area (Å²) >= 11 is 2.17. The third-order valence-corrected chi connectivity index (χ3v) is 7.85. The molecule has 2 aromatic heterocycles. The van der Waals surface area contributed by atoms with Gasteiger partial charge in [-0.2, -0.15) is 5.10 Å². The molecule has 0 aliphatic carbocycles. The van der Waals surface area contributed by atoms with Gasteiger partial charge in [0, 0.05) is 38.1 Å². The van der Waals surface area contributed by atoms with Gasteiger partial charge in [0.1, 0.15) is 23.0 Å². The summed E-state index contributed by atoms with van der Waals surface area (Å²) in [5.74, 6) is 0.361. The van der Waals surface area contributed by atoms with Gasteiger partial charge < -0.3 is 24.8 Å². The number of hydrogen-bond acceptors (Lipinski definition) is 7. The summed E-state index contributed by atoms with van der Waals surface area (Å²) in [5.41, 5.74) is 1.11. The molecule has 1 spiro atoms. The van der Waals surface area contributed by atoms with Gasteiger partial charge in [-0.3, -0.25) is 0 Å². The predicted octanol–water partition coefficient (Wildman–Crippen LogP) is 4.01. The van der Waals surface area contributed by atoms with Crippen LogP contribution in [0.2, 0.25) is 0 Å². The van der Waals surface area contributed by atoms with Crippen LogP contribution in [0.1, 0.15) is 49.9 Å². The smallest absolute Gasteiger partial charge is 0.405 e. The Morgan fingerprint density at radius 1 is 1.29 bits per heavy atom. The number of fused-ring (bicyclic) bond motifs is 2. The first-order chi connectivity index (χ1) is 16.9. The zero-order valence-corrected chi connectivity index (χ0v) is 20.9. The lowest BCUT2D eigenvalue weighted by atomic mass is 9.82. The summed E-state index contributed by atoms with van der Waals surface area (Å²) in [4.78, 5) is 23.2. The van der Waals surface area contributed by atoms with Gasteiger partial charge in [0.15, 0.2) is 27.1 Å². The fourth-order valence-corrected chi connectivity index (χ4v) is 5.99. The average molecular weight is 594 g/mol. The first-order valence-electron chi connectivity index (χ1n) is 11.7. The second kappa shape index (κ2) is 8.73. The van der Waals surface area contributed by atoms with Gasteiger partial charge in [-0.15, -0.1) is 0 Å². The van der Waals surface area contributed by atoms with Crippen LogP contribution >= 0.6 is 22.6 Å². The average Bonchev–Trinajstić information content (AvgIpc) is 3.35. The Morgan fingerprint density at radius 3 is 2.86 bits per heavy atom. The van der Waals surface area contributed by atoms with E-state index in [9.17, 15) is 14.3 Å². The molecular formula is C23H24FIN6O4. The maximum absolute atomic E-state index is 14.5. The normalized spacial score (nSPS) is 23.3. The van der Waals surface area contributed by atoms with E-state index in [1.165, 1.54) is 6.07 Å². The second-order valence-electron chi connectivity index (χ2n) is 9.15. The van der Waals surface area contributed by atoms with E-state index in [1.807, 2.05) is 4.68 Å². The summed E-state index contributed by atoms with van der Waals surface area (Å²) in [6, 6.07) is 3.98. The van der Waals surface area contributed by atoms with Crippen molar-refractivity contribution in [2.75, 3.05) is 24.6 Å². The summed E-state index contributed by atoms with van der Waals surface area (Å²) < 4.78 is 29.2. The topological polar surface area (TPSA) is 115 Å². The van der Waals surface area contributed by atoms with Crippen molar-refractivity contribution in [3.63, 3.8) is 0 Å². The van der Waals surface area contributed by atoms with Gasteiger partial charge >= 0.3 is 6.09 Å². The zero-order valence-electron chi connectivity index (χ0n) is 18.8. The number of para-hydroxylation sites is 1. The highest BCUT2D eigenvalue weighted by Gasteiger charge is 2.52. The predicted molar refractivity (Wildman–Crippen MR) is 132 cm³/mol. The van der Waals surface area contributed by atoms with Crippen molar-refractivity contribution >= 4 is 45.7 Å². The quantitative estimate of drug-likeness (QED) is 0.438. The summed E-state index contributed by atoms with van der Waals surface area (Å²) in [6.07, 6.45) is 4.44. The third-order valence-electron chi connectivity index (χ3n) is 7.12. The third kappa shape index (κ3) is 3.86. The van der Waals surface area contributed by atoms with Crippen LogP contribution in [0.3, 0.4) is 0 Å². The van der Waals surface area contributed by atoms with E-state index in [0.717, 1.165) is 28.5 Å². The van der Waals surface area contributed by atoms with Crippen LogP contribution in [0.5, 0.6) is 5.75 Å². The molecule has 2 fully saturated rings. The summed E-state index contributed by atoms with van der Waals surface area (Å²) in [5, 5.41) is 16.6. The molecule has 0 saturated carbocycles. The number of ether oxygens (including phenoxy) is 2. The molecular weight excluding hydrogens is 570 g/mol. The molecule has 6 rings (SSSR count). The number of anilines is 1. The Hall–Kier alpha value is -2.74. The van der Waals surface area contributed by atoms with Crippen LogP contribution in [0.15, 0.2) is 24.4 Å². The molecule has 5 heterocycles. The molecule has 0 radical (unpaired) electrons. The second-order valence-corrected chi connectivity index (χ2v) is 10.2. The highest BCUT2D eigenvalue weighted by atomic mass is 127. The summed E-state index contributed by atoms with van der Waals surface area (Å²) in [6.45, 7) is 1.82. The molecule has 1 aromatic carbocycles. The van der Waals surface area contributed by atoms with E-state index < -0.39 is 23.6 Å². The van der Waals surface area contributed by atoms with Gasteiger partial charge in [-0.1, -0.05) is 12.1 Å². The van der Waals surface area contributed by atoms with Crippen molar-refractivity contribution in [1.82, 2.24) is 25.1 Å². The molecule has 3 aliphatic rings. The highest BCUT2D eigenvalue weighted by Crippen LogP contribution is 2.49. The fraction of sp³-hybridized carbons (Fsp3) is 0.478. The first-order valence-corrected chi connectivity index (χ1v) is 12.8. The molecule has 0 bridgehead atoms. The van der Waals surface area contributed by atoms with E-state index in [0.29, 0.717) is 49.6 Å². The van der Waals surface area contributed by atoms with Gasteiger partial charge in [-0.25, -0.2) is 23.8 Å². The van der Waals surface area contributed by atoms with Gasteiger partial charge in [0.25, 0.3) is 0 Å². The van der Waals surface area contributed by atoms with E-state index in [2.05, 4.69) is 42.9 Å². The molecule has 12 heteroatoms. The minimum absolute atomic E-state index is 0.131. The van der Waals surface area contributed by atoms with E-state index in [1.54, 1.807) is 18.3 Å². The van der Waals surface area contributed by atoms with Crippen molar-refractivity contribution in [1.29, 1.82) is 0 Å². The Balaban J connectivity index is 1.27. The van der Waals surface area contributed by atoms with Crippen molar-refractivity contribution in [3.05, 3.63) is 39.5 Å². The minimum Gasteiger partial charge on any atom is -0.481 e. The Kier molecular flexibility index (Phi) is 5.66. The van der Waals surface area contributed by atoms with Gasteiger partial charge in [-0.05, 0) is 47.9 Å². The number of piperidine rings is 1. The number of halogens is 2. The van der Waals surface area contributed by atoms with Gasteiger partial charge in [0.2, 0.25) is 0 Å². The SMILES string of the molecule is O=C(O)N[C@@H]1c2cccc(F)c2OC12CCN(c1cnc3c(I)nn(C4CCCCO4)c3n1)CC2. The van der Waals surface area contributed by atoms with Crippen molar-refractivity contribution in [2.45, 2.75) is 50.0 Å². The highest BCUT2D eigenvalue weighted by molar-refractivity contribution is 14.1. The molecule has 184 valence electrons. The number of hydrogen-bond donors (Lipinski definition) is 2. The molecule has 3 aromatic rings. The lowest BCUT2D eigenvalue weighted by Crippen LogP contribution is -2.53. The number of amides is 1. The molecule has 1 unspecified atom stereocenters. The van der Waals surface area contributed by atoms with Crippen LogP contribution in [0.25, 0.3) is 11.2 Å². The van der Waals surface area contributed by atoms with Crippen LogP contribution in [0.4, 0.5) is 15.0 Å². The minimum atomic E-state index is -1.17. The Bertz CT molecular complexity index is 1290. The lowest BCUT2D eigenvalue weighted by molar-refractivity contribution is -0.0372. The van der Waals surface area contributed by atoms with Crippen LogP contribution in [-0.2, 0) is 4.74 Å². The number of aromatic nitrogens is 4. The molecule has 35 heavy (non-hydrogen) atoms. The maximum Gasteiger partial charge on any atom is 0.405 e. The van der Waals surface area contributed by atoms with Crippen molar-refractivity contribution in [3.8, 4) is 5.75 Å². The van der Waals surface area contributed by atoms with Crippen LogP contribution < -0.4 is 15.0 Å². The largest absolute Gasteiger partial charge is 0.481 e. The molecule has 2 N–H and O–H groups in total. The Morgan fingerprint density at radius 2 is 2.11 bits per heavy atom. The molecule has 1 amide bonds. The molecule has 2 saturated heterocycles. The number of nitrogens with one attached hydrogen (secondary N) is 1. The van der Waals surface area contributed by atoms with Crippen molar-refractivity contribution < 1.29 is 23.8 Å². The number of nitrogens with zero attached hydrogens (tertiary/aromatic N) is 5. The first kappa shape index (κ1) is 22.7. The standard InChI is InChI=1S/C23H24FIN6O4/c24-14-5-3-4-13-18(14)35-23(19(13)28-22(32)33)7-9-30(10-8-23)15-12-26-17-20(25)29-31(21(17)27-15)16-6-1-2-11-34-16/h3-5,12,16,19,28H,1-2,6-11H2,(H,32,33)/t16?,19-/m1/s1. The zero-order chi connectivity index (χ0) is 24.2. The van der Waals surface area contributed by atoms with Crippen molar-refractivity contribution in [2.24, 2.45) is 0 Å². The number of carbonyl (C=O) groups is 1. The lowest BCUT2D eigenvalue weighted by Gasteiger charge is -2.42. The van der Waals surface area contributed by atoms with E-state index >= 15 is 0 Å². The number of carboxylic acid groups (broad SMARTS) is 1. The van der Waals surface area contributed by atoms with Crippen LogP contribution in [0, 0.1) is 9.52 Å². The maximum atomic E-state index is 14.5. The van der Waals surface area contributed by atoms with E-state index in [4.69, 9.17) is 14.5 Å². The Labute approximate surface area is 213 Å². The molecule has 2 atom stereocenters.